The zero-order chi connectivity index (χ0) is 16.7. The fourth-order valence-corrected chi connectivity index (χ4v) is 5.44. The lowest BCUT2D eigenvalue weighted by Gasteiger charge is -2.33. The van der Waals surface area contributed by atoms with Gasteiger partial charge in [-0.3, -0.25) is 9.88 Å². The van der Waals surface area contributed by atoms with Crippen LogP contribution in [0.15, 0.2) is 53.7 Å². The third-order valence-corrected chi connectivity index (χ3v) is 6.97. The molecular formula is C18H21N3O2S. The van der Waals surface area contributed by atoms with Crippen LogP contribution in [-0.4, -0.2) is 47.8 Å². The lowest BCUT2D eigenvalue weighted by Crippen LogP contribution is -2.48. The second-order valence-electron chi connectivity index (χ2n) is 6.72. The monoisotopic (exact) mass is 343 g/mol. The highest BCUT2D eigenvalue weighted by molar-refractivity contribution is 7.89. The normalized spacial score (nSPS) is 24.5. The van der Waals surface area contributed by atoms with Crippen LogP contribution in [-0.2, 0) is 16.6 Å². The van der Waals surface area contributed by atoms with Crippen LogP contribution >= 0.6 is 0 Å². The van der Waals surface area contributed by atoms with Crippen LogP contribution in [0.25, 0.3) is 0 Å². The summed E-state index contributed by atoms with van der Waals surface area (Å²) in [4.78, 5) is 6.94. The van der Waals surface area contributed by atoms with Gasteiger partial charge in [0.15, 0.2) is 0 Å². The number of benzene rings is 1. The molecule has 126 valence electrons. The van der Waals surface area contributed by atoms with E-state index in [1.54, 1.807) is 22.6 Å². The molecule has 0 N–H and O–H groups in total. The van der Waals surface area contributed by atoms with Crippen molar-refractivity contribution in [1.82, 2.24) is 14.2 Å². The first-order chi connectivity index (χ1) is 11.5. The summed E-state index contributed by atoms with van der Waals surface area (Å²) in [5.41, 5.74) is 2.25. The number of sulfonamides is 1. The largest absolute Gasteiger partial charge is 0.293 e. The van der Waals surface area contributed by atoms with Crippen LogP contribution in [0.4, 0.5) is 0 Å². The van der Waals surface area contributed by atoms with Gasteiger partial charge in [0, 0.05) is 44.1 Å². The van der Waals surface area contributed by atoms with Crippen molar-refractivity contribution in [2.24, 2.45) is 0 Å². The summed E-state index contributed by atoms with van der Waals surface area (Å²) >= 11 is 0. The maximum atomic E-state index is 12.9. The minimum atomic E-state index is -3.39. The van der Waals surface area contributed by atoms with E-state index in [1.165, 1.54) is 5.56 Å². The molecule has 2 bridgehead atoms. The van der Waals surface area contributed by atoms with Crippen LogP contribution in [0.2, 0.25) is 0 Å². The number of likely N-dealkylation sites (tertiary alicyclic amines) is 1. The van der Waals surface area contributed by atoms with E-state index >= 15 is 0 Å². The van der Waals surface area contributed by atoms with E-state index in [9.17, 15) is 8.42 Å². The van der Waals surface area contributed by atoms with Crippen molar-refractivity contribution in [3.05, 3.63) is 59.9 Å². The topological polar surface area (TPSA) is 53.5 Å². The number of aryl methyl sites for hydroxylation is 1. The first-order valence-electron chi connectivity index (χ1n) is 8.25. The van der Waals surface area contributed by atoms with Crippen molar-refractivity contribution >= 4 is 10.0 Å². The molecule has 2 fully saturated rings. The Bertz CT molecular complexity index is 821. The number of rotatable bonds is 4. The van der Waals surface area contributed by atoms with Gasteiger partial charge in [-0.25, -0.2) is 8.42 Å². The first kappa shape index (κ1) is 15.7. The van der Waals surface area contributed by atoms with Gasteiger partial charge in [-0.2, -0.15) is 4.31 Å². The van der Waals surface area contributed by atoms with Crippen LogP contribution in [0.3, 0.4) is 0 Å². The Labute approximate surface area is 143 Å². The molecule has 1 aromatic carbocycles. The number of aromatic nitrogens is 1. The molecule has 2 aromatic rings. The average molecular weight is 343 g/mol. The van der Waals surface area contributed by atoms with Gasteiger partial charge in [0.05, 0.1) is 4.90 Å². The minimum absolute atomic E-state index is 0.0815. The first-order valence-corrected chi connectivity index (χ1v) is 9.69. The highest BCUT2D eigenvalue weighted by Crippen LogP contribution is 2.35. The SMILES string of the molecule is Cc1ccc(S(=O)(=O)N2CC3CC2CN3Cc2cccnc2)cc1. The summed E-state index contributed by atoms with van der Waals surface area (Å²) in [5.74, 6) is 0. The smallest absolute Gasteiger partial charge is 0.243 e. The van der Waals surface area contributed by atoms with E-state index in [1.807, 2.05) is 31.3 Å². The molecule has 0 saturated carbocycles. The molecule has 6 heteroatoms. The molecule has 4 rings (SSSR count). The van der Waals surface area contributed by atoms with Gasteiger partial charge >= 0.3 is 0 Å². The van der Waals surface area contributed by atoms with Crippen molar-refractivity contribution in [1.29, 1.82) is 0 Å². The van der Waals surface area contributed by atoms with Crippen molar-refractivity contribution in [2.45, 2.75) is 36.9 Å². The Morgan fingerprint density at radius 2 is 1.92 bits per heavy atom. The second-order valence-corrected chi connectivity index (χ2v) is 8.61. The molecule has 2 saturated heterocycles. The molecule has 0 radical (unpaired) electrons. The van der Waals surface area contributed by atoms with E-state index in [2.05, 4.69) is 16.0 Å². The molecule has 3 heterocycles. The number of fused-ring (bicyclic) bond motifs is 2. The number of hydrogen-bond acceptors (Lipinski definition) is 4. The maximum Gasteiger partial charge on any atom is 0.243 e. The molecule has 2 unspecified atom stereocenters. The number of nitrogens with zero attached hydrogens (tertiary/aromatic N) is 3. The van der Waals surface area contributed by atoms with Gasteiger partial charge < -0.3 is 0 Å². The van der Waals surface area contributed by atoms with Gasteiger partial charge in [-0.1, -0.05) is 23.8 Å². The number of pyridine rings is 1. The Balaban J connectivity index is 1.49. The Morgan fingerprint density at radius 1 is 1.12 bits per heavy atom. The van der Waals surface area contributed by atoms with Crippen molar-refractivity contribution in [3.63, 3.8) is 0 Å². The zero-order valence-electron chi connectivity index (χ0n) is 13.7. The highest BCUT2D eigenvalue weighted by atomic mass is 32.2. The summed E-state index contributed by atoms with van der Waals surface area (Å²) in [7, 11) is -3.39. The number of hydrogen-bond donors (Lipinski definition) is 0. The third kappa shape index (κ3) is 2.75. The summed E-state index contributed by atoms with van der Waals surface area (Å²) < 4.78 is 27.5. The molecule has 5 nitrogen and oxygen atoms in total. The van der Waals surface area contributed by atoms with Crippen molar-refractivity contribution < 1.29 is 8.42 Å². The standard InChI is InChI=1S/C18H21N3O2S/c1-14-4-6-18(7-5-14)24(22,23)21-13-16-9-17(21)12-20(16)11-15-3-2-8-19-10-15/h2-8,10,16-17H,9,11-13H2,1H3. The van der Waals surface area contributed by atoms with Crippen LogP contribution in [0.1, 0.15) is 17.5 Å². The van der Waals surface area contributed by atoms with E-state index in [-0.39, 0.29) is 6.04 Å². The fraction of sp³-hybridized carbons (Fsp3) is 0.389. The van der Waals surface area contributed by atoms with Gasteiger partial charge in [-0.05, 0) is 37.1 Å². The summed E-state index contributed by atoms with van der Waals surface area (Å²) in [6.07, 6.45) is 4.58. The maximum absolute atomic E-state index is 12.9. The van der Waals surface area contributed by atoms with E-state index in [0.29, 0.717) is 17.5 Å². The molecule has 1 aromatic heterocycles. The van der Waals surface area contributed by atoms with E-state index in [4.69, 9.17) is 0 Å². The van der Waals surface area contributed by atoms with Crippen LogP contribution < -0.4 is 0 Å². The third-order valence-electron chi connectivity index (χ3n) is 5.04. The molecule has 0 aliphatic carbocycles. The zero-order valence-corrected chi connectivity index (χ0v) is 14.5. The van der Waals surface area contributed by atoms with Crippen LogP contribution in [0.5, 0.6) is 0 Å². The van der Waals surface area contributed by atoms with E-state index in [0.717, 1.165) is 25.1 Å². The Hall–Kier alpha value is -1.76. The summed E-state index contributed by atoms with van der Waals surface area (Å²) in [5, 5.41) is 0. The minimum Gasteiger partial charge on any atom is -0.293 e. The summed E-state index contributed by atoms with van der Waals surface area (Å²) in [6, 6.07) is 11.5. The molecule has 2 aliphatic heterocycles. The number of piperazine rings is 1. The van der Waals surface area contributed by atoms with Gasteiger partial charge in [0.2, 0.25) is 10.0 Å². The van der Waals surface area contributed by atoms with Crippen LogP contribution in [0, 0.1) is 6.92 Å². The van der Waals surface area contributed by atoms with E-state index < -0.39 is 10.0 Å². The molecular weight excluding hydrogens is 322 g/mol. The highest BCUT2D eigenvalue weighted by Gasteiger charge is 2.48. The lowest BCUT2D eigenvalue weighted by atomic mass is 10.2. The van der Waals surface area contributed by atoms with Gasteiger partial charge in [0.1, 0.15) is 0 Å². The molecule has 0 spiro atoms. The quantitative estimate of drug-likeness (QED) is 0.852. The fourth-order valence-electron chi connectivity index (χ4n) is 3.77. The predicted molar refractivity (Wildman–Crippen MR) is 91.9 cm³/mol. The molecule has 2 atom stereocenters. The van der Waals surface area contributed by atoms with Gasteiger partial charge in [-0.15, -0.1) is 0 Å². The molecule has 0 amide bonds. The molecule has 24 heavy (non-hydrogen) atoms. The Kier molecular flexibility index (Phi) is 3.90. The van der Waals surface area contributed by atoms with Gasteiger partial charge in [0.25, 0.3) is 0 Å². The van der Waals surface area contributed by atoms with Crippen molar-refractivity contribution in [2.75, 3.05) is 13.1 Å². The second kappa shape index (κ2) is 5.95. The average Bonchev–Trinajstić information content (AvgIpc) is 3.17. The summed E-state index contributed by atoms with van der Waals surface area (Å²) in [6.45, 7) is 4.18. The lowest BCUT2D eigenvalue weighted by molar-refractivity contribution is 0.174. The van der Waals surface area contributed by atoms with Crippen molar-refractivity contribution in [3.8, 4) is 0 Å². The molecule has 2 aliphatic rings. The predicted octanol–water partition coefficient (Wildman–Crippen LogP) is 2.04. The Morgan fingerprint density at radius 3 is 2.54 bits per heavy atom.